The lowest BCUT2D eigenvalue weighted by Gasteiger charge is -2.12. The maximum absolute atomic E-state index is 13.9. The van der Waals surface area contributed by atoms with Crippen LogP contribution in [0.15, 0.2) is 50.8 Å². The molecule has 2 aromatic carbocycles. The lowest BCUT2D eigenvalue weighted by atomic mass is 10.0. The zero-order chi connectivity index (χ0) is 21.3. The van der Waals surface area contributed by atoms with Gasteiger partial charge in [-0.1, -0.05) is 28.3 Å². The highest BCUT2D eigenvalue weighted by atomic mass is 32.2. The summed E-state index contributed by atoms with van der Waals surface area (Å²) < 4.78 is 28.2. The van der Waals surface area contributed by atoms with Crippen molar-refractivity contribution in [2.24, 2.45) is 5.16 Å². The molecule has 1 atom stereocenters. The van der Waals surface area contributed by atoms with Gasteiger partial charge < -0.3 is 10.2 Å². The van der Waals surface area contributed by atoms with Crippen LogP contribution in [0.4, 0.5) is 14.5 Å². The second-order valence-corrected chi connectivity index (χ2v) is 9.12. The molecular formula is C20H16F2N4O2S2. The van der Waals surface area contributed by atoms with Crippen LogP contribution in [0.25, 0.3) is 0 Å². The van der Waals surface area contributed by atoms with E-state index < -0.39 is 23.6 Å². The van der Waals surface area contributed by atoms with E-state index in [1.807, 2.05) is 26.0 Å². The molecule has 0 bridgehead atoms. The van der Waals surface area contributed by atoms with Gasteiger partial charge >= 0.3 is 0 Å². The Balaban J connectivity index is 1.40. The van der Waals surface area contributed by atoms with E-state index in [4.69, 9.17) is 4.84 Å². The number of amides is 1. The van der Waals surface area contributed by atoms with Gasteiger partial charge in [0.1, 0.15) is 16.6 Å². The molecule has 0 aliphatic carbocycles. The van der Waals surface area contributed by atoms with Gasteiger partial charge in [0.15, 0.2) is 4.34 Å². The Kier molecular flexibility index (Phi) is 5.78. The number of hydrogen-bond acceptors (Lipinski definition) is 7. The molecule has 2 heterocycles. The number of rotatable bonds is 5. The maximum atomic E-state index is 13.9. The van der Waals surface area contributed by atoms with E-state index in [2.05, 4.69) is 20.7 Å². The van der Waals surface area contributed by atoms with E-state index >= 15 is 0 Å². The predicted molar refractivity (Wildman–Crippen MR) is 111 cm³/mol. The summed E-state index contributed by atoms with van der Waals surface area (Å²) in [5.74, 6) is -1.61. The highest BCUT2D eigenvalue weighted by molar-refractivity contribution is 8.01. The van der Waals surface area contributed by atoms with E-state index in [1.165, 1.54) is 23.1 Å². The summed E-state index contributed by atoms with van der Waals surface area (Å²) in [5.41, 5.74) is 1.69. The Morgan fingerprint density at radius 3 is 2.77 bits per heavy atom. The topological polar surface area (TPSA) is 76.5 Å². The number of oxime groups is 1. The molecule has 0 saturated heterocycles. The van der Waals surface area contributed by atoms with E-state index in [1.54, 1.807) is 6.07 Å². The fraction of sp³-hybridized carbons (Fsp3) is 0.200. The summed E-state index contributed by atoms with van der Waals surface area (Å²) in [6, 6.07) is 8.70. The van der Waals surface area contributed by atoms with Gasteiger partial charge in [-0.25, -0.2) is 8.78 Å². The first-order valence-corrected chi connectivity index (χ1v) is 10.6. The average Bonchev–Trinajstić information content (AvgIpc) is 3.35. The van der Waals surface area contributed by atoms with Crippen LogP contribution in [0.1, 0.15) is 22.6 Å². The van der Waals surface area contributed by atoms with Gasteiger partial charge in [0.25, 0.3) is 5.91 Å². The Hall–Kier alpha value is -2.85. The van der Waals surface area contributed by atoms with Crippen LogP contribution < -0.4 is 5.32 Å². The first-order valence-electron chi connectivity index (χ1n) is 8.96. The number of anilines is 1. The molecule has 0 radical (unpaired) electrons. The molecule has 30 heavy (non-hydrogen) atoms. The number of hydrogen-bond donors (Lipinski definition) is 1. The summed E-state index contributed by atoms with van der Waals surface area (Å²) in [4.78, 5) is 18.7. The third kappa shape index (κ3) is 4.49. The second-order valence-electron chi connectivity index (χ2n) is 6.62. The molecule has 6 nitrogen and oxygen atoms in total. The lowest BCUT2D eigenvalue weighted by Crippen LogP contribution is -2.28. The number of carbonyl (C=O) groups is 1. The van der Waals surface area contributed by atoms with Crippen molar-refractivity contribution < 1.29 is 18.4 Å². The van der Waals surface area contributed by atoms with Crippen LogP contribution in [-0.2, 0) is 9.63 Å². The minimum Gasteiger partial charge on any atom is -0.382 e. The molecule has 1 aliphatic heterocycles. The van der Waals surface area contributed by atoms with Crippen LogP contribution in [-0.4, -0.2) is 27.9 Å². The third-order valence-corrected chi connectivity index (χ3v) is 6.25. The van der Waals surface area contributed by atoms with Crippen LogP contribution in [0.2, 0.25) is 0 Å². The highest BCUT2D eigenvalue weighted by Crippen LogP contribution is 2.32. The van der Waals surface area contributed by atoms with Crippen LogP contribution in [0.3, 0.4) is 0 Å². The maximum Gasteiger partial charge on any atom is 0.268 e. The molecule has 3 aromatic rings. The fourth-order valence-electron chi connectivity index (χ4n) is 2.87. The van der Waals surface area contributed by atoms with E-state index in [9.17, 15) is 13.6 Å². The summed E-state index contributed by atoms with van der Waals surface area (Å²) >= 11 is 3.01. The molecule has 10 heteroatoms. The number of carbonyl (C=O) groups excluding carboxylic acids is 1. The predicted octanol–water partition coefficient (Wildman–Crippen LogP) is 4.72. The molecule has 1 amide bonds. The Morgan fingerprint density at radius 2 is 2.03 bits per heavy atom. The quantitative estimate of drug-likeness (QED) is 0.614. The number of benzene rings is 2. The molecule has 1 aliphatic rings. The second kappa shape index (κ2) is 8.49. The van der Waals surface area contributed by atoms with Crippen molar-refractivity contribution in [2.45, 2.75) is 35.6 Å². The van der Waals surface area contributed by atoms with Crippen molar-refractivity contribution in [3.63, 3.8) is 0 Å². The van der Waals surface area contributed by atoms with Crippen LogP contribution >= 0.6 is 23.1 Å². The zero-order valence-electron chi connectivity index (χ0n) is 16.0. The van der Waals surface area contributed by atoms with Gasteiger partial charge in [-0.05, 0) is 55.8 Å². The smallest absolute Gasteiger partial charge is 0.268 e. The molecule has 4 rings (SSSR count). The zero-order valence-corrected chi connectivity index (χ0v) is 17.6. The molecular weight excluding hydrogens is 430 g/mol. The van der Waals surface area contributed by atoms with Gasteiger partial charge in [-0.3, -0.25) is 4.79 Å². The van der Waals surface area contributed by atoms with Gasteiger partial charge in [0.05, 0.1) is 5.71 Å². The normalized spacial score (nSPS) is 15.6. The first-order chi connectivity index (χ1) is 14.4. The fourth-order valence-corrected chi connectivity index (χ4v) is 4.76. The average molecular weight is 447 g/mol. The van der Waals surface area contributed by atoms with Crippen molar-refractivity contribution in [2.75, 3.05) is 5.32 Å². The molecule has 1 unspecified atom stereocenters. The summed E-state index contributed by atoms with van der Waals surface area (Å²) in [5, 5.41) is 15.6. The van der Waals surface area contributed by atoms with Crippen molar-refractivity contribution in [1.82, 2.24) is 10.2 Å². The molecule has 1 N–H and O–H groups in total. The van der Waals surface area contributed by atoms with Crippen molar-refractivity contribution in [1.29, 1.82) is 0 Å². The van der Waals surface area contributed by atoms with E-state index in [0.717, 1.165) is 38.0 Å². The summed E-state index contributed by atoms with van der Waals surface area (Å²) in [6.07, 6.45) is -0.865. The van der Waals surface area contributed by atoms with Crippen molar-refractivity contribution >= 4 is 40.4 Å². The van der Waals surface area contributed by atoms with E-state index in [-0.39, 0.29) is 17.7 Å². The number of nitrogens with zero attached hydrogens (tertiary/aromatic N) is 3. The summed E-state index contributed by atoms with van der Waals surface area (Å²) in [7, 11) is 0. The lowest BCUT2D eigenvalue weighted by molar-refractivity contribution is -0.125. The Bertz CT molecular complexity index is 1150. The highest BCUT2D eigenvalue weighted by Gasteiger charge is 2.30. The molecule has 154 valence electrons. The standard InChI is InChI=1S/C20H16F2N4O2S2/c1-10-7-13(30-20-25-24-11(2)29-20)4-6-16(10)23-19(27)18-9-17(26-28-18)14-8-12(21)3-5-15(14)22/h3-8,18H,9H2,1-2H3,(H,23,27). The molecule has 0 fully saturated rings. The monoisotopic (exact) mass is 446 g/mol. The van der Waals surface area contributed by atoms with Gasteiger partial charge in [-0.2, -0.15) is 0 Å². The number of halogens is 2. The third-order valence-electron chi connectivity index (χ3n) is 4.37. The van der Waals surface area contributed by atoms with Crippen molar-refractivity contribution in [3.8, 4) is 0 Å². The number of nitrogens with one attached hydrogen (secondary N) is 1. The largest absolute Gasteiger partial charge is 0.382 e. The molecule has 0 spiro atoms. The van der Waals surface area contributed by atoms with Crippen LogP contribution in [0, 0.1) is 25.5 Å². The van der Waals surface area contributed by atoms with Gasteiger partial charge in [0, 0.05) is 22.6 Å². The minimum absolute atomic E-state index is 0.00484. The number of aryl methyl sites for hydroxylation is 2. The van der Waals surface area contributed by atoms with Crippen LogP contribution in [0.5, 0.6) is 0 Å². The van der Waals surface area contributed by atoms with Gasteiger partial charge in [-0.15, -0.1) is 10.2 Å². The first kappa shape index (κ1) is 20.4. The summed E-state index contributed by atoms with van der Waals surface area (Å²) in [6.45, 7) is 3.78. The number of aromatic nitrogens is 2. The SMILES string of the molecule is Cc1nnc(Sc2ccc(NC(=O)C3CC(c4cc(F)ccc4F)=NO3)c(C)c2)s1. The van der Waals surface area contributed by atoms with E-state index in [0.29, 0.717) is 5.69 Å². The Labute approximate surface area is 179 Å². The molecule has 1 aromatic heterocycles. The Morgan fingerprint density at radius 1 is 1.20 bits per heavy atom. The van der Waals surface area contributed by atoms with Gasteiger partial charge in [0.2, 0.25) is 6.10 Å². The molecule has 0 saturated carbocycles. The van der Waals surface area contributed by atoms with Crippen molar-refractivity contribution in [3.05, 3.63) is 64.2 Å². The minimum atomic E-state index is -0.916.